The van der Waals surface area contributed by atoms with Crippen molar-refractivity contribution in [1.29, 1.82) is 0 Å². The average Bonchev–Trinajstić information content (AvgIpc) is 2.92. The Morgan fingerprint density at radius 1 is 1.29 bits per heavy atom. The zero-order chi connectivity index (χ0) is 17.7. The van der Waals surface area contributed by atoms with Crippen LogP contribution in [0.25, 0.3) is 0 Å². The first kappa shape index (κ1) is 17.7. The van der Waals surface area contributed by atoms with Crippen LogP contribution in [0.4, 0.5) is 0 Å². The van der Waals surface area contributed by atoms with Crippen molar-refractivity contribution in [3.63, 3.8) is 0 Å². The second kappa shape index (κ2) is 7.77. The molecule has 0 aliphatic heterocycles. The van der Waals surface area contributed by atoms with Crippen LogP contribution in [0.15, 0.2) is 30.3 Å². The number of hydrogen-bond donors (Lipinski definition) is 2. The second-order valence-corrected chi connectivity index (χ2v) is 5.93. The number of benzene rings is 1. The summed E-state index contributed by atoms with van der Waals surface area (Å²) >= 11 is 0. The molecule has 0 saturated carbocycles. The lowest BCUT2D eigenvalue weighted by molar-refractivity contribution is -0.141. The van der Waals surface area contributed by atoms with Gasteiger partial charge < -0.3 is 10.4 Å². The minimum absolute atomic E-state index is 0.0794. The van der Waals surface area contributed by atoms with E-state index in [2.05, 4.69) is 10.4 Å². The Balaban J connectivity index is 2.03. The maximum Gasteiger partial charge on any atom is 0.308 e. The van der Waals surface area contributed by atoms with E-state index in [0.717, 1.165) is 16.8 Å². The Morgan fingerprint density at radius 2 is 2.04 bits per heavy atom. The van der Waals surface area contributed by atoms with Crippen molar-refractivity contribution in [3.8, 4) is 0 Å². The SMILES string of the molecule is CCn1nc(C)cc1C(=O)NC[C@H](Cc1cccc(C)c1)C(=O)O. The smallest absolute Gasteiger partial charge is 0.308 e. The second-order valence-electron chi connectivity index (χ2n) is 5.93. The van der Waals surface area contributed by atoms with Gasteiger partial charge in [-0.15, -0.1) is 0 Å². The lowest BCUT2D eigenvalue weighted by Crippen LogP contribution is -2.35. The normalized spacial score (nSPS) is 12.0. The van der Waals surface area contributed by atoms with Crippen LogP contribution >= 0.6 is 0 Å². The van der Waals surface area contributed by atoms with E-state index in [-0.39, 0.29) is 12.5 Å². The topological polar surface area (TPSA) is 84.2 Å². The number of aromatic nitrogens is 2. The Kier molecular flexibility index (Phi) is 5.73. The predicted octanol–water partition coefficient (Wildman–Crippen LogP) is 2.19. The van der Waals surface area contributed by atoms with Crippen LogP contribution < -0.4 is 5.32 Å². The molecular weight excluding hydrogens is 306 g/mol. The number of carbonyl (C=O) groups excluding carboxylic acids is 1. The van der Waals surface area contributed by atoms with Gasteiger partial charge in [0, 0.05) is 13.1 Å². The third kappa shape index (κ3) is 4.44. The van der Waals surface area contributed by atoms with Gasteiger partial charge >= 0.3 is 5.97 Å². The average molecular weight is 329 g/mol. The molecule has 2 N–H and O–H groups in total. The molecule has 0 aliphatic carbocycles. The van der Waals surface area contributed by atoms with Gasteiger partial charge in [0.25, 0.3) is 5.91 Å². The molecule has 0 unspecified atom stereocenters. The van der Waals surface area contributed by atoms with Gasteiger partial charge in [-0.3, -0.25) is 14.3 Å². The standard InChI is InChI=1S/C18H23N3O3/c1-4-21-16(9-13(3)20-21)17(22)19-11-15(18(23)24)10-14-7-5-6-12(2)8-14/h5-9,15H,4,10-11H2,1-3H3,(H,19,22)(H,23,24)/t15-/m0/s1. The van der Waals surface area contributed by atoms with Gasteiger partial charge in [-0.2, -0.15) is 5.10 Å². The number of rotatable bonds is 7. The summed E-state index contributed by atoms with van der Waals surface area (Å²) in [4.78, 5) is 23.8. The minimum Gasteiger partial charge on any atom is -0.481 e. The van der Waals surface area contributed by atoms with Crippen LogP contribution in [-0.4, -0.2) is 33.3 Å². The van der Waals surface area contributed by atoms with Crippen LogP contribution in [0.2, 0.25) is 0 Å². The van der Waals surface area contributed by atoms with Crippen molar-refractivity contribution in [3.05, 3.63) is 52.8 Å². The van der Waals surface area contributed by atoms with Crippen molar-refractivity contribution in [2.75, 3.05) is 6.54 Å². The molecule has 1 amide bonds. The number of nitrogens with zero attached hydrogens (tertiary/aromatic N) is 2. The van der Waals surface area contributed by atoms with Crippen LogP contribution in [0.1, 0.15) is 34.2 Å². The highest BCUT2D eigenvalue weighted by molar-refractivity contribution is 5.92. The Bertz CT molecular complexity index is 737. The summed E-state index contributed by atoms with van der Waals surface area (Å²) in [6, 6.07) is 9.45. The van der Waals surface area contributed by atoms with Crippen LogP contribution in [-0.2, 0) is 17.8 Å². The fourth-order valence-corrected chi connectivity index (χ4v) is 2.65. The van der Waals surface area contributed by atoms with E-state index in [4.69, 9.17) is 0 Å². The number of carbonyl (C=O) groups is 2. The predicted molar refractivity (Wildman–Crippen MR) is 91.0 cm³/mol. The molecule has 128 valence electrons. The summed E-state index contributed by atoms with van der Waals surface area (Å²) in [5, 5.41) is 16.4. The van der Waals surface area contributed by atoms with Gasteiger partial charge in [0.05, 0.1) is 11.6 Å². The van der Waals surface area contributed by atoms with E-state index in [1.165, 1.54) is 0 Å². The highest BCUT2D eigenvalue weighted by atomic mass is 16.4. The van der Waals surface area contributed by atoms with Crippen molar-refractivity contribution >= 4 is 11.9 Å². The molecule has 1 aromatic heterocycles. The molecule has 1 atom stereocenters. The van der Waals surface area contributed by atoms with Gasteiger partial charge in [-0.05, 0) is 38.8 Å². The molecule has 0 radical (unpaired) electrons. The highest BCUT2D eigenvalue weighted by Crippen LogP contribution is 2.11. The summed E-state index contributed by atoms with van der Waals surface area (Å²) in [7, 11) is 0. The molecule has 1 heterocycles. The van der Waals surface area contributed by atoms with Gasteiger partial charge in [0.1, 0.15) is 5.69 Å². The van der Waals surface area contributed by atoms with Gasteiger partial charge in [-0.25, -0.2) is 0 Å². The molecule has 0 bridgehead atoms. The Morgan fingerprint density at radius 3 is 2.67 bits per heavy atom. The fourth-order valence-electron chi connectivity index (χ4n) is 2.65. The summed E-state index contributed by atoms with van der Waals surface area (Å²) in [6.45, 7) is 6.36. The molecule has 0 aliphatic rings. The van der Waals surface area contributed by atoms with E-state index in [1.54, 1.807) is 10.7 Å². The minimum atomic E-state index is -0.919. The first-order chi connectivity index (χ1) is 11.4. The summed E-state index contributed by atoms with van der Waals surface area (Å²) in [5.41, 5.74) is 3.25. The summed E-state index contributed by atoms with van der Waals surface area (Å²) < 4.78 is 1.61. The molecule has 1 aromatic carbocycles. The van der Waals surface area contributed by atoms with E-state index in [9.17, 15) is 14.7 Å². The maximum absolute atomic E-state index is 12.3. The number of aryl methyl sites for hydroxylation is 3. The molecule has 6 heteroatoms. The van der Waals surface area contributed by atoms with E-state index in [1.807, 2.05) is 45.0 Å². The quantitative estimate of drug-likeness (QED) is 0.815. The van der Waals surface area contributed by atoms with E-state index >= 15 is 0 Å². The lowest BCUT2D eigenvalue weighted by Gasteiger charge is -2.14. The Hall–Kier alpha value is -2.63. The molecule has 2 aromatic rings. The number of amides is 1. The zero-order valence-electron chi connectivity index (χ0n) is 14.2. The third-order valence-corrected chi connectivity index (χ3v) is 3.86. The van der Waals surface area contributed by atoms with Crippen LogP contribution in [0, 0.1) is 19.8 Å². The number of nitrogens with one attached hydrogen (secondary N) is 1. The van der Waals surface area contributed by atoms with Gasteiger partial charge in [-0.1, -0.05) is 29.8 Å². The van der Waals surface area contributed by atoms with Crippen LogP contribution in [0.3, 0.4) is 0 Å². The summed E-state index contributed by atoms with van der Waals surface area (Å²) in [6.07, 6.45) is 0.378. The number of hydrogen-bond acceptors (Lipinski definition) is 3. The van der Waals surface area contributed by atoms with Crippen molar-refractivity contribution in [2.24, 2.45) is 5.92 Å². The number of carboxylic acid groups (broad SMARTS) is 1. The fraction of sp³-hybridized carbons (Fsp3) is 0.389. The summed E-state index contributed by atoms with van der Waals surface area (Å²) in [5.74, 6) is -1.89. The molecule has 6 nitrogen and oxygen atoms in total. The third-order valence-electron chi connectivity index (χ3n) is 3.86. The largest absolute Gasteiger partial charge is 0.481 e. The highest BCUT2D eigenvalue weighted by Gasteiger charge is 2.21. The van der Waals surface area contributed by atoms with E-state index in [0.29, 0.717) is 18.7 Å². The lowest BCUT2D eigenvalue weighted by atomic mass is 9.98. The maximum atomic E-state index is 12.3. The molecule has 2 rings (SSSR count). The first-order valence-corrected chi connectivity index (χ1v) is 8.01. The number of carboxylic acids is 1. The zero-order valence-corrected chi connectivity index (χ0v) is 14.2. The molecule has 24 heavy (non-hydrogen) atoms. The number of aliphatic carboxylic acids is 1. The van der Waals surface area contributed by atoms with E-state index < -0.39 is 11.9 Å². The first-order valence-electron chi connectivity index (χ1n) is 8.01. The van der Waals surface area contributed by atoms with Gasteiger partial charge in [0.2, 0.25) is 0 Å². The molecule has 0 spiro atoms. The van der Waals surface area contributed by atoms with Crippen molar-refractivity contribution in [2.45, 2.75) is 33.7 Å². The Labute approximate surface area is 141 Å². The monoisotopic (exact) mass is 329 g/mol. The van der Waals surface area contributed by atoms with Gasteiger partial charge in [0.15, 0.2) is 0 Å². The molecular formula is C18H23N3O3. The molecule has 0 saturated heterocycles. The van der Waals surface area contributed by atoms with Crippen LogP contribution in [0.5, 0.6) is 0 Å². The van der Waals surface area contributed by atoms with Crippen molar-refractivity contribution < 1.29 is 14.7 Å². The molecule has 0 fully saturated rings. The van der Waals surface area contributed by atoms with Crippen molar-refractivity contribution in [1.82, 2.24) is 15.1 Å².